The first-order chi connectivity index (χ1) is 11.5. The fraction of sp³-hybridized carbons (Fsp3) is 0.529. The van der Waals surface area contributed by atoms with Crippen molar-refractivity contribution in [1.82, 2.24) is 9.80 Å². The van der Waals surface area contributed by atoms with E-state index in [1.807, 2.05) is 11.8 Å². The quantitative estimate of drug-likeness (QED) is 0.844. The summed E-state index contributed by atoms with van der Waals surface area (Å²) in [5.41, 5.74) is 0.534. The molecule has 132 valence electrons. The Morgan fingerprint density at radius 3 is 2.25 bits per heavy atom. The number of benzene rings is 1. The van der Waals surface area contributed by atoms with Crippen LogP contribution in [0.15, 0.2) is 18.2 Å². The van der Waals surface area contributed by atoms with Crippen LogP contribution in [0.4, 0.5) is 0 Å². The van der Waals surface area contributed by atoms with Crippen LogP contribution in [0.5, 0.6) is 11.5 Å². The summed E-state index contributed by atoms with van der Waals surface area (Å²) >= 11 is 0. The van der Waals surface area contributed by atoms with Crippen LogP contribution in [0.3, 0.4) is 0 Å². The van der Waals surface area contributed by atoms with E-state index < -0.39 is 12.0 Å². The van der Waals surface area contributed by atoms with E-state index >= 15 is 0 Å². The van der Waals surface area contributed by atoms with E-state index in [4.69, 9.17) is 9.47 Å². The lowest BCUT2D eigenvalue weighted by molar-refractivity contribution is -0.144. The number of rotatable bonds is 6. The predicted octanol–water partition coefficient (Wildman–Crippen LogP) is 1.32. The number of carboxylic acids is 1. The molecule has 0 aliphatic carbocycles. The molecule has 1 aromatic carbocycles. The third kappa shape index (κ3) is 3.79. The van der Waals surface area contributed by atoms with Gasteiger partial charge in [0.1, 0.15) is 6.04 Å². The van der Waals surface area contributed by atoms with Gasteiger partial charge in [-0.15, -0.1) is 0 Å². The molecule has 1 aromatic rings. The zero-order valence-electron chi connectivity index (χ0n) is 14.3. The summed E-state index contributed by atoms with van der Waals surface area (Å²) in [4.78, 5) is 27.6. The highest BCUT2D eigenvalue weighted by Crippen LogP contribution is 2.28. The Labute approximate surface area is 141 Å². The molecule has 0 spiro atoms. The Hall–Kier alpha value is -2.28. The van der Waals surface area contributed by atoms with Crippen molar-refractivity contribution in [2.45, 2.75) is 19.4 Å². The summed E-state index contributed by atoms with van der Waals surface area (Å²) in [5, 5.41) is 9.24. The highest BCUT2D eigenvalue weighted by Gasteiger charge is 2.29. The average molecular weight is 336 g/mol. The number of carbonyl (C=O) groups is 2. The van der Waals surface area contributed by atoms with E-state index in [1.54, 1.807) is 30.2 Å². The van der Waals surface area contributed by atoms with Gasteiger partial charge in [-0.1, -0.05) is 6.92 Å². The van der Waals surface area contributed by atoms with E-state index in [0.29, 0.717) is 49.7 Å². The molecule has 1 fully saturated rings. The third-order valence-electron chi connectivity index (χ3n) is 4.34. The van der Waals surface area contributed by atoms with Crippen molar-refractivity contribution in [2.75, 3.05) is 40.4 Å². The SMILES string of the molecule is CCC(C(=O)O)N1CCN(C(=O)c2ccc(OC)c(OC)c2)CC1. The van der Waals surface area contributed by atoms with Gasteiger partial charge in [0, 0.05) is 31.7 Å². The number of aliphatic carboxylic acids is 1. The molecule has 0 radical (unpaired) electrons. The van der Waals surface area contributed by atoms with Gasteiger partial charge in [-0.3, -0.25) is 14.5 Å². The van der Waals surface area contributed by atoms with Gasteiger partial charge in [-0.2, -0.15) is 0 Å². The molecule has 1 heterocycles. The zero-order chi connectivity index (χ0) is 17.7. The molecule has 7 heteroatoms. The number of ether oxygens (including phenoxy) is 2. The molecule has 2 rings (SSSR count). The maximum atomic E-state index is 12.6. The van der Waals surface area contributed by atoms with Gasteiger partial charge in [-0.25, -0.2) is 0 Å². The topological polar surface area (TPSA) is 79.3 Å². The number of carboxylic acid groups (broad SMARTS) is 1. The Kier molecular flexibility index (Phi) is 6.03. The van der Waals surface area contributed by atoms with E-state index in [2.05, 4.69) is 0 Å². The van der Waals surface area contributed by atoms with Crippen molar-refractivity contribution in [2.24, 2.45) is 0 Å². The summed E-state index contributed by atoms with van der Waals surface area (Å²) in [6, 6.07) is 4.60. The normalized spacial score (nSPS) is 16.5. The summed E-state index contributed by atoms with van der Waals surface area (Å²) in [7, 11) is 3.08. The third-order valence-corrected chi connectivity index (χ3v) is 4.34. The number of hydrogen-bond donors (Lipinski definition) is 1. The summed E-state index contributed by atoms with van der Waals surface area (Å²) in [6.45, 7) is 4.00. The molecule has 7 nitrogen and oxygen atoms in total. The minimum absolute atomic E-state index is 0.0843. The van der Waals surface area contributed by atoms with Crippen LogP contribution in [0.1, 0.15) is 23.7 Å². The van der Waals surface area contributed by atoms with Gasteiger partial charge in [0.25, 0.3) is 5.91 Å². The lowest BCUT2D eigenvalue weighted by atomic mass is 10.1. The molecule has 1 saturated heterocycles. The van der Waals surface area contributed by atoms with Gasteiger partial charge in [0.05, 0.1) is 14.2 Å². The summed E-state index contributed by atoms with van der Waals surface area (Å²) in [5.74, 6) is 0.196. The molecule has 1 aliphatic rings. The van der Waals surface area contributed by atoms with Gasteiger partial charge in [-0.05, 0) is 24.6 Å². The Bertz CT molecular complexity index is 597. The maximum Gasteiger partial charge on any atom is 0.320 e. The number of methoxy groups -OCH3 is 2. The Morgan fingerprint density at radius 1 is 1.12 bits per heavy atom. The fourth-order valence-electron chi connectivity index (χ4n) is 2.98. The molecule has 0 saturated carbocycles. The van der Waals surface area contributed by atoms with Crippen LogP contribution >= 0.6 is 0 Å². The molecule has 1 unspecified atom stereocenters. The van der Waals surface area contributed by atoms with Gasteiger partial charge < -0.3 is 19.5 Å². The van der Waals surface area contributed by atoms with Gasteiger partial charge >= 0.3 is 5.97 Å². The van der Waals surface area contributed by atoms with E-state index in [0.717, 1.165) is 0 Å². The van der Waals surface area contributed by atoms with Crippen LogP contribution in [-0.4, -0.2) is 73.2 Å². The first-order valence-electron chi connectivity index (χ1n) is 8.00. The Balaban J connectivity index is 2.04. The molecular weight excluding hydrogens is 312 g/mol. The lowest BCUT2D eigenvalue weighted by Crippen LogP contribution is -2.53. The van der Waals surface area contributed by atoms with Gasteiger partial charge in [0.15, 0.2) is 11.5 Å². The van der Waals surface area contributed by atoms with Gasteiger partial charge in [0.2, 0.25) is 0 Å². The molecule has 1 atom stereocenters. The molecule has 24 heavy (non-hydrogen) atoms. The first-order valence-corrected chi connectivity index (χ1v) is 8.00. The van der Waals surface area contributed by atoms with Crippen LogP contribution in [0, 0.1) is 0 Å². The number of amides is 1. The summed E-state index contributed by atoms with van der Waals surface area (Å²) < 4.78 is 10.4. The minimum Gasteiger partial charge on any atom is -0.493 e. The maximum absolute atomic E-state index is 12.6. The molecule has 0 aromatic heterocycles. The second kappa shape index (κ2) is 8.01. The first kappa shape index (κ1) is 18.1. The predicted molar refractivity (Wildman–Crippen MR) is 88.7 cm³/mol. The molecule has 1 N–H and O–H groups in total. The highest BCUT2D eigenvalue weighted by molar-refractivity contribution is 5.95. The smallest absolute Gasteiger partial charge is 0.320 e. The largest absolute Gasteiger partial charge is 0.493 e. The highest BCUT2D eigenvalue weighted by atomic mass is 16.5. The monoisotopic (exact) mass is 336 g/mol. The van der Waals surface area contributed by atoms with Crippen LogP contribution < -0.4 is 9.47 Å². The van der Waals surface area contributed by atoms with Crippen molar-refractivity contribution < 1.29 is 24.2 Å². The minimum atomic E-state index is -0.808. The fourth-order valence-corrected chi connectivity index (χ4v) is 2.98. The van der Waals surface area contributed by atoms with Crippen molar-refractivity contribution in [3.8, 4) is 11.5 Å². The zero-order valence-corrected chi connectivity index (χ0v) is 14.3. The number of carbonyl (C=O) groups excluding carboxylic acids is 1. The molecule has 0 bridgehead atoms. The van der Waals surface area contributed by atoms with Crippen LogP contribution in [-0.2, 0) is 4.79 Å². The Morgan fingerprint density at radius 2 is 1.75 bits per heavy atom. The van der Waals surface area contributed by atoms with E-state index in [9.17, 15) is 14.7 Å². The van der Waals surface area contributed by atoms with Crippen molar-refractivity contribution in [3.05, 3.63) is 23.8 Å². The number of hydrogen-bond acceptors (Lipinski definition) is 5. The van der Waals surface area contributed by atoms with Crippen molar-refractivity contribution in [1.29, 1.82) is 0 Å². The van der Waals surface area contributed by atoms with Crippen LogP contribution in [0.2, 0.25) is 0 Å². The number of piperazine rings is 1. The standard InChI is InChI=1S/C17H24N2O5/c1-4-13(17(21)22)18-7-9-19(10-8-18)16(20)12-5-6-14(23-2)15(11-12)24-3/h5-6,11,13H,4,7-10H2,1-3H3,(H,21,22). The van der Waals surface area contributed by atoms with E-state index in [1.165, 1.54) is 7.11 Å². The summed E-state index contributed by atoms with van der Waals surface area (Å²) in [6.07, 6.45) is 0.555. The molecule has 1 aliphatic heterocycles. The average Bonchev–Trinajstić information content (AvgIpc) is 2.61. The van der Waals surface area contributed by atoms with Crippen molar-refractivity contribution >= 4 is 11.9 Å². The van der Waals surface area contributed by atoms with Crippen molar-refractivity contribution in [3.63, 3.8) is 0 Å². The molecule has 1 amide bonds. The second-order valence-electron chi connectivity index (χ2n) is 5.66. The molecular formula is C17H24N2O5. The van der Waals surface area contributed by atoms with Crippen LogP contribution in [0.25, 0.3) is 0 Å². The van der Waals surface area contributed by atoms with E-state index in [-0.39, 0.29) is 5.91 Å². The lowest BCUT2D eigenvalue weighted by Gasteiger charge is -2.37. The second-order valence-corrected chi connectivity index (χ2v) is 5.66. The number of nitrogens with zero attached hydrogens (tertiary/aromatic N) is 2.